The summed E-state index contributed by atoms with van der Waals surface area (Å²) in [6, 6.07) is 14.5. The number of rotatable bonds is 3. The van der Waals surface area contributed by atoms with Crippen molar-refractivity contribution in [1.82, 2.24) is 0 Å². The Labute approximate surface area is 121 Å². The molecule has 0 saturated carbocycles. The number of aryl methyl sites for hydroxylation is 1. The Bertz CT molecular complexity index is 614. The number of nitrogens with zero attached hydrogens (tertiary/aromatic N) is 2. The van der Waals surface area contributed by atoms with E-state index in [1.165, 1.54) is 5.69 Å². The zero-order chi connectivity index (χ0) is 14.4. The molecule has 2 aromatic rings. The molecule has 2 rings (SSSR count). The van der Waals surface area contributed by atoms with Crippen LogP contribution < -0.4 is 9.47 Å². The van der Waals surface area contributed by atoms with Gasteiger partial charge in [-0.05, 0) is 44.2 Å². The van der Waals surface area contributed by atoms with Crippen molar-refractivity contribution in [1.29, 1.82) is 0 Å². The molecule has 0 aliphatic rings. The Balaban J connectivity index is 2.18. The van der Waals surface area contributed by atoms with Crippen molar-refractivity contribution < 1.29 is 4.57 Å². The van der Waals surface area contributed by atoms with Gasteiger partial charge in [-0.25, -0.2) is 0 Å². The number of pyridine rings is 1. The second kappa shape index (κ2) is 6.77. The maximum absolute atomic E-state index is 3.21. The second-order valence-electron chi connectivity index (χ2n) is 4.67. The molecule has 1 aromatic heterocycles. The molecule has 0 saturated heterocycles. The van der Waals surface area contributed by atoms with Gasteiger partial charge in [0.05, 0.1) is 0 Å². The van der Waals surface area contributed by atoms with Gasteiger partial charge in [0.2, 0.25) is 0 Å². The van der Waals surface area contributed by atoms with Crippen LogP contribution in [0.3, 0.4) is 0 Å². The van der Waals surface area contributed by atoms with Crippen LogP contribution >= 0.6 is 0 Å². The average molecular weight is 265 g/mol. The fourth-order valence-electron chi connectivity index (χ4n) is 2.13. The van der Waals surface area contributed by atoms with Crippen LogP contribution in [0, 0.1) is 11.8 Å². The molecule has 0 aliphatic heterocycles. The van der Waals surface area contributed by atoms with Crippen molar-refractivity contribution in [3.05, 3.63) is 59.9 Å². The molecule has 20 heavy (non-hydrogen) atoms. The summed E-state index contributed by atoms with van der Waals surface area (Å²) in [4.78, 5) is 2.33. The third-order valence-corrected chi connectivity index (χ3v) is 3.39. The Kier molecular flexibility index (Phi) is 4.79. The van der Waals surface area contributed by atoms with E-state index in [2.05, 4.69) is 54.9 Å². The molecular formula is C18H21N2+. The standard InChI is InChI=1S/C18H21N2/c1-4-20(5-2)18-13-10-16(11-14-18)9-12-17-8-6-7-15-19(17)3/h6-8,10-11,13-15H,4-5H2,1-3H3/q+1. The third-order valence-electron chi connectivity index (χ3n) is 3.39. The summed E-state index contributed by atoms with van der Waals surface area (Å²) in [5.41, 5.74) is 3.32. The summed E-state index contributed by atoms with van der Waals surface area (Å²) in [7, 11) is 2.01. The van der Waals surface area contributed by atoms with Gasteiger partial charge in [-0.15, -0.1) is 0 Å². The zero-order valence-electron chi connectivity index (χ0n) is 12.4. The maximum atomic E-state index is 3.21. The lowest BCUT2D eigenvalue weighted by atomic mass is 10.2. The van der Waals surface area contributed by atoms with E-state index in [0.717, 1.165) is 24.3 Å². The Morgan fingerprint density at radius 3 is 2.25 bits per heavy atom. The molecule has 0 amide bonds. The molecule has 2 nitrogen and oxygen atoms in total. The Hall–Kier alpha value is -2.27. The first-order valence-corrected chi connectivity index (χ1v) is 7.06. The number of hydrogen-bond donors (Lipinski definition) is 0. The number of aromatic nitrogens is 1. The first-order chi connectivity index (χ1) is 9.74. The molecule has 0 N–H and O–H groups in total. The van der Waals surface area contributed by atoms with Crippen LogP contribution in [0.2, 0.25) is 0 Å². The van der Waals surface area contributed by atoms with E-state index in [-0.39, 0.29) is 0 Å². The fourth-order valence-corrected chi connectivity index (χ4v) is 2.13. The Morgan fingerprint density at radius 1 is 0.950 bits per heavy atom. The van der Waals surface area contributed by atoms with E-state index in [9.17, 15) is 0 Å². The van der Waals surface area contributed by atoms with Gasteiger partial charge in [-0.2, -0.15) is 4.57 Å². The minimum Gasteiger partial charge on any atom is -0.372 e. The molecule has 2 heteroatoms. The monoisotopic (exact) mass is 265 g/mol. The van der Waals surface area contributed by atoms with Crippen LogP contribution in [-0.4, -0.2) is 13.1 Å². The predicted molar refractivity (Wildman–Crippen MR) is 83.6 cm³/mol. The zero-order valence-corrected chi connectivity index (χ0v) is 12.4. The van der Waals surface area contributed by atoms with E-state index in [4.69, 9.17) is 0 Å². The van der Waals surface area contributed by atoms with Gasteiger partial charge in [-0.1, -0.05) is 5.92 Å². The second-order valence-corrected chi connectivity index (χ2v) is 4.67. The van der Waals surface area contributed by atoms with E-state index < -0.39 is 0 Å². The lowest BCUT2D eigenvalue weighted by Gasteiger charge is -2.20. The largest absolute Gasteiger partial charge is 0.372 e. The van der Waals surface area contributed by atoms with Crippen molar-refractivity contribution in [3.63, 3.8) is 0 Å². The predicted octanol–water partition coefficient (Wildman–Crippen LogP) is 2.76. The summed E-state index contributed by atoms with van der Waals surface area (Å²) in [6.07, 6.45) is 2.01. The highest BCUT2D eigenvalue weighted by Gasteiger charge is 2.01. The number of anilines is 1. The van der Waals surface area contributed by atoms with Gasteiger partial charge >= 0.3 is 0 Å². The number of hydrogen-bond acceptors (Lipinski definition) is 1. The fraction of sp³-hybridized carbons (Fsp3) is 0.278. The molecule has 0 unspecified atom stereocenters. The smallest absolute Gasteiger partial charge is 0.256 e. The van der Waals surface area contributed by atoms with Crippen LogP contribution in [0.25, 0.3) is 0 Å². The van der Waals surface area contributed by atoms with Crippen LogP contribution in [0.5, 0.6) is 0 Å². The van der Waals surface area contributed by atoms with Crippen LogP contribution in [0.15, 0.2) is 48.7 Å². The number of benzene rings is 1. The average Bonchev–Trinajstić information content (AvgIpc) is 2.49. The quantitative estimate of drug-likeness (QED) is 0.611. The minimum atomic E-state index is 1.01. The van der Waals surface area contributed by atoms with E-state index in [1.54, 1.807) is 0 Å². The molecule has 102 valence electrons. The molecule has 0 atom stereocenters. The summed E-state index contributed by atoms with van der Waals surface area (Å²) in [6.45, 7) is 6.40. The van der Waals surface area contributed by atoms with Gasteiger partial charge in [0, 0.05) is 42.4 Å². The van der Waals surface area contributed by atoms with Gasteiger partial charge in [0.1, 0.15) is 7.05 Å². The maximum Gasteiger partial charge on any atom is 0.256 e. The van der Waals surface area contributed by atoms with Crippen LogP contribution in [0.4, 0.5) is 5.69 Å². The topological polar surface area (TPSA) is 7.12 Å². The lowest BCUT2D eigenvalue weighted by molar-refractivity contribution is -0.673. The summed E-state index contributed by atoms with van der Waals surface area (Å²) >= 11 is 0. The molecule has 1 heterocycles. The Morgan fingerprint density at radius 2 is 1.65 bits per heavy atom. The van der Waals surface area contributed by atoms with E-state index in [0.29, 0.717) is 0 Å². The molecule has 1 aromatic carbocycles. The first kappa shape index (κ1) is 14.1. The first-order valence-electron chi connectivity index (χ1n) is 7.06. The van der Waals surface area contributed by atoms with Crippen molar-refractivity contribution in [2.24, 2.45) is 7.05 Å². The molecule has 0 bridgehead atoms. The highest BCUT2D eigenvalue weighted by Crippen LogP contribution is 2.14. The van der Waals surface area contributed by atoms with Gasteiger partial charge in [0.25, 0.3) is 5.69 Å². The van der Waals surface area contributed by atoms with Gasteiger partial charge < -0.3 is 4.90 Å². The highest BCUT2D eigenvalue weighted by molar-refractivity contribution is 5.51. The molecule has 0 spiro atoms. The summed E-state index contributed by atoms with van der Waals surface area (Å²) in [5.74, 6) is 6.42. The lowest BCUT2D eigenvalue weighted by Crippen LogP contribution is -2.31. The highest BCUT2D eigenvalue weighted by atomic mass is 15.1. The summed E-state index contributed by atoms with van der Waals surface area (Å²) < 4.78 is 2.03. The van der Waals surface area contributed by atoms with Gasteiger partial charge in [-0.3, -0.25) is 0 Å². The van der Waals surface area contributed by atoms with E-state index in [1.807, 2.05) is 36.0 Å². The van der Waals surface area contributed by atoms with Crippen LogP contribution in [-0.2, 0) is 7.05 Å². The summed E-state index contributed by atoms with van der Waals surface area (Å²) in [5, 5.41) is 0. The van der Waals surface area contributed by atoms with Crippen molar-refractivity contribution in [2.75, 3.05) is 18.0 Å². The van der Waals surface area contributed by atoms with Gasteiger partial charge in [0.15, 0.2) is 6.20 Å². The molecule has 0 fully saturated rings. The normalized spacial score (nSPS) is 9.75. The third kappa shape index (κ3) is 3.39. The van der Waals surface area contributed by atoms with E-state index >= 15 is 0 Å². The van der Waals surface area contributed by atoms with Crippen molar-refractivity contribution in [3.8, 4) is 11.8 Å². The molecule has 0 radical (unpaired) electrons. The van der Waals surface area contributed by atoms with Crippen molar-refractivity contribution >= 4 is 5.69 Å². The van der Waals surface area contributed by atoms with Crippen LogP contribution in [0.1, 0.15) is 25.1 Å². The SMILES string of the molecule is CCN(CC)c1ccc(C#Cc2cccc[n+]2C)cc1. The minimum absolute atomic E-state index is 1.01. The van der Waals surface area contributed by atoms with Crippen molar-refractivity contribution in [2.45, 2.75) is 13.8 Å². The molecule has 0 aliphatic carbocycles. The molecular weight excluding hydrogens is 244 g/mol.